The van der Waals surface area contributed by atoms with Crippen molar-refractivity contribution in [1.29, 1.82) is 0 Å². The molecule has 0 radical (unpaired) electrons. The summed E-state index contributed by atoms with van der Waals surface area (Å²) in [6.07, 6.45) is -3.58. The smallest absolute Gasteiger partial charge is 0.421 e. The minimum absolute atomic E-state index is 0.0601. The summed E-state index contributed by atoms with van der Waals surface area (Å²) >= 11 is 0. The van der Waals surface area contributed by atoms with Gasteiger partial charge in [0, 0.05) is 63.4 Å². The van der Waals surface area contributed by atoms with Crippen LogP contribution in [0.3, 0.4) is 0 Å². The van der Waals surface area contributed by atoms with E-state index in [-0.39, 0.29) is 36.2 Å². The highest BCUT2D eigenvalue weighted by Crippen LogP contribution is 2.44. The van der Waals surface area contributed by atoms with Crippen LogP contribution in [0.15, 0.2) is 36.5 Å². The Bertz CT molecular complexity index is 1670. The highest BCUT2D eigenvalue weighted by atomic mass is 31.2. The van der Waals surface area contributed by atoms with Gasteiger partial charge in [-0.15, -0.1) is 0 Å². The number of carboxylic acid groups (broad SMARTS) is 1. The van der Waals surface area contributed by atoms with E-state index in [2.05, 4.69) is 25.5 Å². The zero-order chi connectivity index (χ0) is 35.3. The van der Waals surface area contributed by atoms with Crippen LogP contribution in [-0.2, 0) is 32.7 Å². The Morgan fingerprint density at radius 1 is 1.04 bits per heavy atom. The molecule has 13 nitrogen and oxygen atoms in total. The molecule has 0 bridgehead atoms. The van der Waals surface area contributed by atoms with Crippen LogP contribution >= 0.6 is 8.38 Å². The van der Waals surface area contributed by atoms with Crippen LogP contribution in [0.4, 0.5) is 42.0 Å². The Balaban J connectivity index is 1.43. The molecule has 2 aliphatic rings. The van der Waals surface area contributed by atoms with Gasteiger partial charge in [0.25, 0.3) is 5.91 Å². The second-order valence-electron chi connectivity index (χ2n) is 11.4. The van der Waals surface area contributed by atoms with Gasteiger partial charge in [-0.25, -0.2) is 4.98 Å². The molecule has 3 aromatic rings. The van der Waals surface area contributed by atoms with Crippen LogP contribution < -0.4 is 20.3 Å². The number of fused-ring (bicyclic) bond motifs is 1. The number of carboxylic acids is 1. The fraction of sp³-hybridized carbons (Fsp3) is 0.438. The first-order chi connectivity index (χ1) is 23.4. The lowest BCUT2D eigenvalue weighted by molar-refractivity contribution is -0.138. The number of ether oxygens (including phenoxy) is 1. The Labute approximate surface area is 283 Å². The number of hydrogen-bond acceptors (Lipinski definition) is 11. The predicted molar refractivity (Wildman–Crippen MR) is 179 cm³/mol. The zero-order valence-corrected chi connectivity index (χ0v) is 28.5. The molecule has 3 N–H and O–H groups in total. The minimum Gasteiger partial charge on any atom is -0.495 e. The number of carbonyl (C=O) groups is 2. The minimum atomic E-state index is -4.79. The highest BCUT2D eigenvalue weighted by Gasteiger charge is 2.37. The third-order valence-electron chi connectivity index (χ3n) is 8.03. The third kappa shape index (κ3) is 8.50. The molecule has 2 aromatic carbocycles. The quantitative estimate of drug-likeness (QED) is 0.178. The van der Waals surface area contributed by atoms with Crippen molar-refractivity contribution in [2.45, 2.75) is 32.7 Å². The van der Waals surface area contributed by atoms with Gasteiger partial charge in [0.2, 0.25) is 5.95 Å². The van der Waals surface area contributed by atoms with Gasteiger partial charge in [-0.3, -0.25) is 14.5 Å². The average Bonchev–Trinajstić information content (AvgIpc) is 3.35. The van der Waals surface area contributed by atoms with Crippen molar-refractivity contribution >= 4 is 49.1 Å². The summed E-state index contributed by atoms with van der Waals surface area (Å²) in [7, 11) is 1.96. The van der Waals surface area contributed by atoms with E-state index in [1.54, 1.807) is 31.3 Å². The molecular formula is C32H39F3N7O6P. The van der Waals surface area contributed by atoms with E-state index < -0.39 is 31.9 Å². The number of hydrogen-bond donors (Lipinski definition) is 3. The van der Waals surface area contributed by atoms with E-state index in [1.807, 2.05) is 24.8 Å². The number of methoxy groups -OCH3 is 1. The average molecular weight is 706 g/mol. The Morgan fingerprint density at radius 2 is 1.73 bits per heavy atom. The number of halogens is 3. The molecule has 0 spiro atoms. The van der Waals surface area contributed by atoms with Crippen LogP contribution in [0, 0.1) is 0 Å². The fourth-order valence-corrected chi connectivity index (χ4v) is 7.10. The fourth-order valence-electron chi connectivity index (χ4n) is 5.78. The van der Waals surface area contributed by atoms with Crippen molar-refractivity contribution in [2.24, 2.45) is 0 Å². The van der Waals surface area contributed by atoms with Crippen LogP contribution in [-0.4, -0.2) is 96.8 Å². The van der Waals surface area contributed by atoms with Crippen molar-refractivity contribution < 1.29 is 41.7 Å². The monoisotopic (exact) mass is 705 g/mol. The number of rotatable bonds is 14. The number of aromatic nitrogens is 2. The van der Waals surface area contributed by atoms with Crippen molar-refractivity contribution in [2.75, 3.05) is 75.6 Å². The van der Waals surface area contributed by atoms with E-state index in [1.165, 1.54) is 12.0 Å². The number of carbonyl (C=O) groups excluding carboxylic acids is 1. The van der Waals surface area contributed by atoms with Gasteiger partial charge in [-0.1, -0.05) is 6.07 Å². The number of piperazine rings is 1. The van der Waals surface area contributed by atoms with E-state index >= 15 is 0 Å². The maximum absolute atomic E-state index is 14.2. The van der Waals surface area contributed by atoms with Gasteiger partial charge < -0.3 is 39.3 Å². The molecule has 0 saturated carbocycles. The molecular weight excluding hydrogens is 666 g/mol. The first-order valence-electron chi connectivity index (χ1n) is 15.7. The zero-order valence-electron chi connectivity index (χ0n) is 27.6. The number of amides is 1. The van der Waals surface area contributed by atoms with E-state index in [9.17, 15) is 22.8 Å². The van der Waals surface area contributed by atoms with Crippen molar-refractivity contribution in [3.05, 3.63) is 58.8 Å². The number of anilines is 5. The van der Waals surface area contributed by atoms with Crippen LogP contribution in [0.25, 0.3) is 0 Å². The maximum Gasteiger partial charge on any atom is 0.421 e. The van der Waals surface area contributed by atoms with Gasteiger partial charge in [0.1, 0.15) is 17.1 Å². The summed E-state index contributed by atoms with van der Waals surface area (Å²) in [5.74, 6) is -1.47. The first kappa shape index (κ1) is 36.1. The summed E-state index contributed by atoms with van der Waals surface area (Å²) in [4.78, 5) is 38.0. The normalized spacial score (nSPS) is 15.1. The van der Waals surface area contributed by atoms with Crippen molar-refractivity contribution in [3.8, 4) is 5.75 Å². The number of alkyl halides is 3. The summed E-state index contributed by atoms with van der Waals surface area (Å²) < 4.78 is 59.6. The number of nitrogens with zero attached hydrogens (tertiary/aromatic N) is 5. The Kier molecular flexibility index (Phi) is 11.4. The lowest BCUT2D eigenvalue weighted by atomic mass is 10.0. The topological polar surface area (TPSA) is 142 Å². The highest BCUT2D eigenvalue weighted by molar-refractivity contribution is 7.46. The van der Waals surface area contributed by atoms with Crippen LogP contribution in [0.5, 0.6) is 5.75 Å². The van der Waals surface area contributed by atoms with E-state index in [4.69, 9.17) is 18.9 Å². The molecule has 17 heteroatoms. The van der Waals surface area contributed by atoms with Gasteiger partial charge in [-0.2, -0.15) is 18.2 Å². The SMILES string of the molecule is CCOP(Cc1ccc(Nc2ncc(C(F)(F)F)c(Nc3ccc(N4CCN(CC(=O)O)CC4)c4c3C(=O)N(C)C4)n2)c(OC)c1)OCC. The summed E-state index contributed by atoms with van der Waals surface area (Å²) in [6, 6.07) is 8.68. The van der Waals surface area contributed by atoms with Gasteiger partial charge in [0.05, 0.1) is 43.8 Å². The largest absolute Gasteiger partial charge is 0.495 e. The van der Waals surface area contributed by atoms with E-state index in [0.29, 0.717) is 68.8 Å². The summed E-state index contributed by atoms with van der Waals surface area (Å²) in [5, 5.41) is 14.9. The number of nitrogens with one attached hydrogen (secondary N) is 2. The van der Waals surface area contributed by atoms with Crippen molar-refractivity contribution in [3.63, 3.8) is 0 Å². The molecule has 49 heavy (non-hydrogen) atoms. The molecule has 1 aromatic heterocycles. The van der Waals surface area contributed by atoms with Gasteiger partial charge in [0.15, 0.2) is 8.38 Å². The summed E-state index contributed by atoms with van der Waals surface area (Å²) in [6.45, 7) is 7.12. The molecule has 2 aliphatic heterocycles. The molecule has 264 valence electrons. The third-order valence-corrected chi connectivity index (χ3v) is 9.75. The first-order valence-corrected chi connectivity index (χ1v) is 17.1. The number of benzene rings is 2. The molecule has 1 amide bonds. The molecule has 0 aliphatic carbocycles. The molecule has 1 fully saturated rings. The molecule has 3 heterocycles. The maximum atomic E-state index is 14.2. The Morgan fingerprint density at radius 3 is 2.37 bits per heavy atom. The lowest BCUT2D eigenvalue weighted by Gasteiger charge is -2.36. The second kappa shape index (κ2) is 15.5. The second-order valence-corrected chi connectivity index (χ2v) is 12.9. The molecule has 0 atom stereocenters. The van der Waals surface area contributed by atoms with Gasteiger partial charge in [-0.05, 0) is 43.7 Å². The Hall–Kier alpha value is -4.24. The molecule has 0 unspecified atom stereocenters. The van der Waals surface area contributed by atoms with Gasteiger partial charge >= 0.3 is 12.1 Å². The van der Waals surface area contributed by atoms with Crippen LogP contribution in [0.2, 0.25) is 0 Å². The van der Waals surface area contributed by atoms with E-state index in [0.717, 1.165) is 11.3 Å². The number of aliphatic carboxylic acids is 1. The predicted octanol–water partition coefficient (Wildman–Crippen LogP) is 5.67. The lowest BCUT2D eigenvalue weighted by Crippen LogP contribution is -2.48. The molecule has 1 saturated heterocycles. The van der Waals surface area contributed by atoms with Crippen molar-refractivity contribution in [1.82, 2.24) is 19.8 Å². The summed E-state index contributed by atoms with van der Waals surface area (Å²) in [5.41, 5.74) is 2.10. The standard InChI is InChI=1S/C32H39F3N7O6P/c1-5-47-49(48-6-2)19-20-7-8-23(26(15-20)46-4)38-31-36-16-22(32(33,34)35)29(39-31)37-24-9-10-25(21-17-40(3)30(45)28(21)24)42-13-11-41(12-14-42)18-27(43)44/h7-10,15-16H,5-6,11-14,17-19H2,1-4H3,(H,43,44)(H2,36,37,38,39). The van der Waals surface area contributed by atoms with Crippen LogP contribution in [0.1, 0.15) is 40.9 Å². The molecule has 5 rings (SSSR count).